The third-order valence-electron chi connectivity index (χ3n) is 3.37. The second-order valence-corrected chi connectivity index (χ2v) is 4.80. The fraction of sp³-hybridized carbons (Fsp3) is 0.467. The second kappa shape index (κ2) is 5.87. The molecular weight excluding hydrogens is 240 g/mol. The van der Waals surface area contributed by atoms with Crippen molar-refractivity contribution in [3.8, 4) is 0 Å². The van der Waals surface area contributed by atoms with Gasteiger partial charge < -0.3 is 4.42 Å². The third kappa shape index (κ3) is 3.13. The molecule has 0 aromatic carbocycles. The molecule has 2 rings (SSSR count). The summed E-state index contributed by atoms with van der Waals surface area (Å²) in [4.78, 5) is 12.0. The van der Waals surface area contributed by atoms with Crippen molar-refractivity contribution in [3.05, 3.63) is 41.6 Å². The van der Waals surface area contributed by atoms with Crippen molar-refractivity contribution in [2.75, 3.05) is 0 Å². The SMILES string of the molecule is CCC(CC)n1ccc(CC(=O)c2coc(C)c2)n1. The van der Waals surface area contributed by atoms with Crippen molar-refractivity contribution < 1.29 is 9.21 Å². The zero-order chi connectivity index (χ0) is 13.8. The molecule has 0 aliphatic carbocycles. The lowest BCUT2D eigenvalue weighted by Gasteiger charge is -2.12. The van der Waals surface area contributed by atoms with Gasteiger partial charge in [0.2, 0.25) is 0 Å². The van der Waals surface area contributed by atoms with Crippen LogP contribution < -0.4 is 0 Å². The number of furan rings is 1. The van der Waals surface area contributed by atoms with Gasteiger partial charge in [0.1, 0.15) is 12.0 Å². The van der Waals surface area contributed by atoms with E-state index in [0.29, 0.717) is 18.0 Å². The number of carbonyl (C=O) groups excluding carboxylic acids is 1. The van der Waals surface area contributed by atoms with Gasteiger partial charge in [-0.15, -0.1) is 0 Å². The highest BCUT2D eigenvalue weighted by atomic mass is 16.3. The van der Waals surface area contributed by atoms with Crippen LogP contribution in [-0.2, 0) is 6.42 Å². The lowest BCUT2D eigenvalue weighted by atomic mass is 10.1. The predicted octanol–water partition coefficient (Wildman–Crippen LogP) is 3.57. The van der Waals surface area contributed by atoms with Gasteiger partial charge in [0.25, 0.3) is 0 Å². The Labute approximate surface area is 113 Å². The summed E-state index contributed by atoms with van der Waals surface area (Å²) in [7, 11) is 0. The summed E-state index contributed by atoms with van der Waals surface area (Å²) in [6, 6.07) is 4.10. The Morgan fingerprint density at radius 2 is 2.16 bits per heavy atom. The van der Waals surface area contributed by atoms with Crippen LogP contribution in [0.5, 0.6) is 0 Å². The average Bonchev–Trinajstić information content (AvgIpc) is 3.00. The molecule has 0 saturated carbocycles. The molecular formula is C15H20N2O2. The Morgan fingerprint density at radius 3 is 2.74 bits per heavy atom. The minimum Gasteiger partial charge on any atom is -0.469 e. The second-order valence-electron chi connectivity index (χ2n) is 4.80. The van der Waals surface area contributed by atoms with Gasteiger partial charge in [-0.2, -0.15) is 5.10 Å². The lowest BCUT2D eigenvalue weighted by molar-refractivity contribution is 0.0991. The van der Waals surface area contributed by atoms with Crippen molar-refractivity contribution in [1.29, 1.82) is 0 Å². The number of hydrogen-bond acceptors (Lipinski definition) is 3. The van der Waals surface area contributed by atoms with Gasteiger partial charge in [0.15, 0.2) is 5.78 Å². The Balaban J connectivity index is 2.06. The minimum absolute atomic E-state index is 0.0478. The summed E-state index contributed by atoms with van der Waals surface area (Å²) in [5.74, 6) is 0.803. The van der Waals surface area contributed by atoms with Crippen LogP contribution in [0.15, 0.2) is 29.0 Å². The van der Waals surface area contributed by atoms with Crippen LogP contribution in [0.25, 0.3) is 0 Å². The minimum atomic E-state index is 0.0478. The van der Waals surface area contributed by atoms with Crippen LogP contribution in [0.3, 0.4) is 0 Å². The molecule has 2 aromatic heterocycles. The van der Waals surface area contributed by atoms with E-state index in [-0.39, 0.29) is 5.78 Å². The molecule has 0 atom stereocenters. The van der Waals surface area contributed by atoms with E-state index in [1.54, 1.807) is 6.07 Å². The number of carbonyl (C=O) groups is 1. The first kappa shape index (κ1) is 13.6. The average molecular weight is 260 g/mol. The van der Waals surface area contributed by atoms with Crippen molar-refractivity contribution in [2.24, 2.45) is 0 Å². The van der Waals surface area contributed by atoms with Crippen molar-refractivity contribution in [1.82, 2.24) is 9.78 Å². The van der Waals surface area contributed by atoms with E-state index in [2.05, 4.69) is 18.9 Å². The summed E-state index contributed by atoms with van der Waals surface area (Å²) < 4.78 is 7.12. The van der Waals surface area contributed by atoms with Crippen molar-refractivity contribution >= 4 is 5.78 Å². The van der Waals surface area contributed by atoms with Crippen molar-refractivity contribution in [2.45, 2.75) is 46.1 Å². The molecule has 4 nitrogen and oxygen atoms in total. The molecule has 2 heterocycles. The molecule has 0 aliphatic heterocycles. The molecule has 0 saturated heterocycles. The van der Waals surface area contributed by atoms with E-state index in [0.717, 1.165) is 24.3 Å². The number of nitrogens with zero attached hydrogens (tertiary/aromatic N) is 2. The Bertz CT molecular complexity index is 550. The quantitative estimate of drug-likeness (QED) is 0.746. The molecule has 0 radical (unpaired) electrons. The summed E-state index contributed by atoms with van der Waals surface area (Å²) in [6.45, 7) is 6.13. The summed E-state index contributed by atoms with van der Waals surface area (Å²) in [5, 5.41) is 4.49. The van der Waals surface area contributed by atoms with E-state index >= 15 is 0 Å². The van der Waals surface area contributed by atoms with E-state index in [1.165, 1.54) is 6.26 Å². The van der Waals surface area contributed by atoms with Gasteiger partial charge in [-0.25, -0.2) is 0 Å². The van der Waals surface area contributed by atoms with Gasteiger partial charge in [-0.05, 0) is 31.9 Å². The zero-order valence-electron chi connectivity index (χ0n) is 11.7. The summed E-state index contributed by atoms with van der Waals surface area (Å²) in [6.07, 6.45) is 5.89. The van der Waals surface area contributed by atoms with Gasteiger partial charge in [-0.3, -0.25) is 9.48 Å². The van der Waals surface area contributed by atoms with Gasteiger partial charge in [0.05, 0.1) is 23.7 Å². The Hall–Kier alpha value is -1.84. The molecule has 0 spiro atoms. The molecule has 0 fully saturated rings. The lowest BCUT2D eigenvalue weighted by Crippen LogP contribution is -2.09. The maximum Gasteiger partial charge on any atom is 0.172 e. The Kier molecular flexibility index (Phi) is 4.20. The van der Waals surface area contributed by atoms with Crippen molar-refractivity contribution in [3.63, 3.8) is 0 Å². The zero-order valence-corrected chi connectivity index (χ0v) is 11.7. The highest BCUT2D eigenvalue weighted by Crippen LogP contribution is 2.15. The fourth-order valence-corrected chi connectivity index (χ4v) is 2.19. The highest BCUT2D eigenvalue weighted by Gasteiger charge is 2.13. The van der Waals surface area contributed by atoms with E-state index < -0.39 is 0 Å². The molecule has 19 heavy (non-hydrogen) atoms. The maximum absolute atomic E-state index is 12.0. The Morgan fingerprint density at radius 1 is 1.42 bits per heavy atom. The van der Waals surface area contributed by atoms with Gasteiger partial charge >= 0.3 is 0 Å². The van der Waals surface area contributed by atoms with E-state index in [1.807, 2.05) is 23.9 Å². The van der Waals surface area contributed by atoms with Crippen LogP contribution in [0.2, 0.25) is 0 Å². The largest absolute Gasteiger partial charge is 0.469 e. The predicted molar refractivity (Wildman–Crippen MR) is 73.3 cm³/mol. The molecule has 0 unspecified atom stereocenters. The monoisotopic (exact) mass is 260 g/mol. The first-order valence-electron chi connectivity index (χ1n) is 6.76. The maximum atomic E-state index is 12.0. The topological polar surface area (TPSA) is 48.0 Å². The molecule has 0 aliphatic rings. The van der Waals surface area contributed by atoms with Crippen LogP contribution in [-0.4, -0.2) is 15.6 Å². The molecule has 0 amide bonds. The highest BCUT2D eigenvalue weighted by molar-refractivity contribution is 5.97. The molecule has 102 valence electrons. The number of rotatable bonds is 6. The van der Waals surface area contributed by atoms with E-state index in [4.69, 9.17) is 4.42 Å². The smallest absolute Gasteiger partial charge is 0.172 e. The first-order valence-corrected chi connectivity index (χ1v) is 6.76. The normalized spacial score (nSPS) is 11.2. The standard InChI is InChI=1S/C15H20N2O2/c1-4-14(5-2)17-7-6-13(16-17)9-15(18)12-8-11(3)19-10-12/h6-8,10,14H,4-5,9H2,1-3H3. The molecule has 2 aromatic rings. The van der Waals surface area contributed by atoms with Crippen LogP contribution in [0.4, 0.5) is 0 Å². The van der Waals surface area contributed by atoms with Gasteiger partial charge in [-0.1, -0.05) is 13.8 Å². The first-order chi connectivity index (χ1) is 9.13. The van der Waals surface area contributed by atoms with Gasteiger partial charge in [0, 0.05) is 6.20 Å². The number of aryl methyl sites for hydroxylation is 1. The summed E-state index contributed by atoms with van der Waals surface area (Å²) >= 11 is 0. The van der Waals surface area contributed by atoms with Crippen LogP contribution >= 0.6 is 0 Å². The summed E-state index contributed by atoms with van der Waals surface area (Å²) in [5.41, 5.74) is 1.44. The number of Topliss-reactive ketones (excluding diaryl/α,β-unsaturated/α-hetero) is 1. The number of ketones is 1. The molecule has 0 bridgehead atoms. The fourth-order valence-electron chi connectivity index (χ4n) is 2.19. The molecule has 4 heteroatoms. The third-order valence-corrected chi connectivity index (χ3v) is 3.37. The van der Waals surface area contributed by atoms with E-state index in [9.17, 15) is 4.79 Å². The van der Waals surface area contributed by atoms with Crippen LogP contribution in [0.1, 0.15) is 54.5 Å². The number of aromatic nitrogens is 2. The van der Waals surface area contributed by atoms with Crippen LogP contribution in [0, 0.1) is 6.92 Å². The number of hydrogen-bond donors (Lipinski definition) is 0. The molecule has 0 N–H and O–H groups in total.